The third-order valence-corrected chi connectivity index (χ3v) is 4.05. The van der Waals surface area contributed by atoms with Gasteiger partial charge in [0, 0.05) is 37.1 Å². The molecule has 24 heavy (non-hydrogen) atoms. The molecule has 6 heteroatoms. The Morgan fingerprint density at radius 3 is 2.33 bits per heavy atom. The van der Waals surface area contributed by atoms with Crippen molar-refractivity contribution >= 4 is 41.7 Å². The zero-order valence-electron chi connectivity index (χ0n) is 15.8. The lowest BCUT2D eigenvalue weighted by molar-refractivity contribution is 0.430. The highest BCUT2D eigenvalue weighted by Gasteiger charge is 2.09. The summed E-state index contributed by atoms with van der Waals surface area (Å²) in [5.41, 5.74) is 1.43. The summed E-state index contributed by atoms with van der Waals surface area (Å²) >= 11 is 1.77. The van der Waals surface area contributed by atoms with E-state index in [2.05, 4.69) is 80.8 Å². The summed E-state index contributed by atoms with van der Waals surface area (Å²) in [6, 6.07) is 8.72. The van der Waals surface area contributed by atoms with Gasteiger partial charge in [-0.15, -0.1) is 35.7 Å². The summed E-state index contributed by atoms with van der Waals surface area (Å²) in [5.74, 6) is 0.956. The lowest BCUT2D eigenvalue weighted by atomic mass is 10.1. The van der Waals surface area contributed by atoms with Crippen LogP contribution in [0.3, 0.4) is 0 Å². The molecule has 0 bridgehead atoms. The van der Waals surface area contributed by atoms with E-state index in [1.54, 1.807) is 11.8 Å². The number of hydrogen-bond donors (Lipinski definition) is 2. The molecule has 0 saturated heterocycles. The first kappa shape index (κ1) is 23.5. The van der Waals surface area contributed by atoms with Crippen molar-refractivity contribution in [2.24, 2.45) is 4.99 Å². The molecule has 0 heterocycles. The minimum Gasteiger partial charge on any atom is -0.357 e. The first-order valence-corrected chi connectivity index (χ1v) is 9.45. The Bertz CT molecular complexity index is 483. The van der Waals surface area contributed by atoms with Gasteiger partial charge < -0.3 is 15.5 Å². The van der Waals surface area contributed by atoms with Crippen molar-refractivity contribution in [1.82, 2.24) is 15.5 Å². The standard InChI is InChI=1S/C18H32N4S.HI/c1-7-19-17(20-12-13-21-18(2,3)4)22(5)14-15-8-10-16(23-6)11-9-15;/h8-11,21H,7,12-14H2,1-6H3,(H,19,20);1H. The van der Waals surface area contributed by atoms with Crippen LogP contribution in [0.4, 0.5) is 0 Å². The van der Waals surface area contributed by atoms with Gasteiger partial charge in [-0.25, -0.2) is 0 Å². The fraction of sp³-hybridized carbons (Fsp3) is 0.611. The average molecular weight is 464 g/mol. The summed E-state index contributed by atoms with van der Waals surface area (Å²) in [5, 5.41) is 6.83. The lowest BCUT2D eigenvalue weighted by Crippen LogP contribution is -2.40. The Morgan fingerprint density at radius 1 is 1.21 bits per heavy atom. The predicted octanol–water partition coefficient (Wildman–Crippen LogP) is 3.81. The Balaban J connectivity index is 0.00000529. The molecule has 0 radical (unpaired) electrons. The van der Waals surface area contributed by atoms with E-state index in [1.165, 1.54) is 10.5 Å². The van der Waals surface area contributed by atoms with Crippen LogP contribution in [0.2, 0.25) is 0 Å². The second kappa shape index (κ2) is 12.0. The second-order valence-corrected chi connectivity index (χ2v) is 7.50. The van der Waals surface area contributed by atoms with Gasteiger partial charge in [0.25, 0.3) is 0 Å². The Labute approximate surface area is 169 Å². The van der Waals surface area contributed by atoms with Crippen molar-refractivity contribution in [3.63, 3.8) is 0 Å². The molecule has 0 amide bonds. The largest absolute Gasteiger partial charge is 0.357 e. The maximum absolute atomic E-state index is 4.71. The third kappa shape index (κ3) is 9.74. The van der Waals surface area contributed by atoms with Crippen LogP contribution in [0.25, 0.3) is 0 Å². The minimum absolute atomic E-state index is 0. The maximum atomic E-state index is 4.71. The van der Waals surface area contributed by atoms with E-state index in [0.29, 0.717) is 0 Å². The number of nitrogens with one attached hydrogen (secondary N) is 2. The number of rotatable bonds is 7. The molecule has 0 atom stereocenters. The van der Waals surface area contributed by atoms with Crippen molar-refractivity contribution in [3.05, 3.63) is 29.8 Å². The normalized spacial score (nSPS) is 11.8. The van der Waals surface area contributed by atoms with Crippen LogP contribution in [-0.2, 0) is 6.54 Å². The SMILES string of the molecule is CCNC(=NCCNC(C)(C)C)N(C)Cc1ccc(SC)cc1.I. The van der Waals surface area contributed by atoms with Crippen LogP contribution in [0.15, 0.2) is 34.2 Å². The van der Waals surface area contributed by atoms with Gasteiger partial charge in [0.1, 0.15) is 0 Å². The van der Waals surface area contributed by atoms with Gasteiger partial charge in [0.05, 0.1) is 6.54 Å². The number of aliphatic imine (C=N–C) groups is 1. The molecule has 1 aromatic rings. The molecular formula is C18H33IN4S. The van der Waals surface area contributed by atoms with Gasteiger partial charge >= 0.3 is 0 Å². The third-order valence-electron chi connectivity index (χ3n) is 3.30. The van der Waals surface area contributed by atoms with Crippen LogP contribution < -0.4 is 10.6 Å². The molecule has 1 aromatic carbocycles. The predicted molar refractivity (Wildman–Crippen MR) is 119 cm³/mol. The zero-order chi connectivity index (χ0) is 17.3. The van der Waals surface area contributed by atoms with Crippen LogP contribution in [0.5, 0.6) is 0 Å². The first-order chi connectivity index (χ1) is 10.9. The topological polar surface area (TPSA) is 39.7 Å². The Hall–Kier alpha value is -0.470. The smallest absolute Gasteiger partial charge is 0.194 e. The molecule has 0 saturated carbocycles. The van der Waals surface area contributed by atoms with Crippen LogP contribution in [-0.4, -0.2) is 49.3 Å². The van der Waals surface area contributed by atoms with Crippen LogP contribution in [0.1, 0.15) is 33.3 Å². The van der Waals surface area contributed by atoms with Crippen molar-refractivity contribution in [2.45, 2.75) is 44.7 Å². The molecule has 0 aliphatic heterocycles. The second-order valence-electron chi connectivity index (χ2n) is 6.62. The summed E-state index contributed by atoms with van der Waals surface area (Å²) in [4.78, 5) is 8.18. The van der Waals surface area contributed by atoms with E-state index in [1.807, 2.05) is 0 Å². The van der Waals surface area contributed by atoms with Crippen molar-refractivity contribution in [3.8, 4) is 0 Å². The van der Waals surface area contributed by atoms with Crippen LogP contribution in [0, 0.1) is 0 Å². The first-order valence-electron chi connectivity index (χ1n) is 8.23. The van der Waals surface area contributed by atoms with E-state index >= 15 is 0 Å². The molecule has 4 nitrogen and oxygen atoms in total. The minimum atomic E-state index is 0. The molecule has 0 aliphatic rings. The Morgan fingerprint density at radius 2 is 1.83 bits per heavy atom. The summed E-state index contributed by atoms with van der Waals surface area (Å²) in [6.07, 6.45) is 2.10. The highest BCUT2D eigenvalue weighted by Crippen LogP contribution is 2.15. The van der Waals surface area contributed by atoms with E-state index in [9.17, 15) is 0 Å². The molecule has 0 fully saturated rings. The fourth-order valence-electron chi connectivity index (χ4n) is 2.14. The molecule has 138 valence electrons. The molecule has 0 aromatic heterocycles. The Kier molecular flexibility index (Phi) is 11.7. The molecule has 0 spiro atoms. The quantitative estimate of drug-likeness (QED) is 0.212. The van der Waals surface area contributed by atoms with E-state index < -0.39 is 0 Å². The van der Waals surface area contributed by atoms with E-state index in [-0.39, 0.29) is 29.5 Å². The van der Waals surface area contributed by atoms with Crippen molar-refractivity contribution < 1.29 is 0 Å². The molecular weight excluding hydrogens is 431 g/mol. The number of nitrogens with zero attached hydrogens (tertiary/aromatic N) is 2. The average Bonchev–Trinajstić information content (AvgIpc) is 2.50. The lowest BCUT2D eigenvalue weighted by Gasteiger charge is -2.23. The van der Waals surface area contributed by atoms with Gasteiger partial charge in [0.2, 0.25) is 0 Å². The number of thioether (sulfide) groups is 1. The fourth-order valence-corrected chi connectivity index (χ4v) is 2.55. The van der Waals surface area contributed by atoms with Gasteiger partial charge in [-0.3, -0.25) is 4.99 Å². The number of guanidine groups is 1. The molecule has 1 rings (SSSR count). The van der Waals surface area contributed by atoms with Crippen molar-refractivity contribution in [2.75, 3.05) is 32.9 Å². The van der Waals surface area contributed by atoms with E-state index in [4.69, 9.17) is 4.99 Å². The molecule has 2 N–H and O–H groups in total. The highest BCUT2D eigenvalue weighted by molar-refractivity contribution is 14.0. The number of benzene rings is 1. The van der Waals surface area contributed by atoms with Gasteiger partial charge in [-0.1, -0.05) is 12.1 Å². The summed E-state index contributed by atoms with van der Waals surface area (Å²) in [7, 11) is 2.08. The van der Waals surface area contributed by atoms with Crippen LogP contribution >= 0.6 is 35.7 Å². The summed E-state index contributed by atoms with van der Waals surface area (Å²) < 4.78 is 0. The number of halogens is 1. The van der Waals surface area contributed by atoms with Gasteiger partial charge in [-0.2, -0.15) is 0 Å². The molecule has 0 unspecified atom stereocenters. The van der Waals surface area contributed by atoms with Gasteiger partial charge in [0.15, 0.2) is 5.96 Å². The number of hydrogen-bond acceptors (Lipinski definition) is 3. The molecule has 0 aliphatic carbocycles. The van der Waals surface area contributed by atoms with Crippen molar-refractivity contribution in [1.29, 1.82) is 0 Å². The van der Waals surface area contributed by atoms with E-state index in [0.717, 1.165) is 32.1 Å². The maximum Gasteiger partial charge on any atom is 0.194 e. The van der Waals surface area contributed by atoms with Gasteiger partial charge in [-0.05, 0) is 51.6 Å². The highest BCUT2D eigenvalue weighted by atomic mass is 127. The summed E-state index contributed by atoms with van der Waals surface area (Å²) in [6.45, 7) is 12.0. The monoisotopic (exact) mass is 464 g/mol. The zero-order valence-corrected chi connectivity index (χ0v) is 19.0.